The van der Waals surface area contributed by atoms with Gasteiger partial charge in [0.2, 0.25) is 10.0 Å². The zero-order valence-electron chi connectivity index (χ0n) is 13.7. The van der Waals surface area contributed by atoms with E-state index < -0.39 is 21.5 Å². The molecule has 8 heteroatoms. The van der Waals surface area contributed by atoms with Crippen LogP contribution in [0.3, 0.4) is 0 Å². The summed E-state index contributed by atoms with van der Waals surface area (Å²) in [6, 6.07) is 1.58. The molecule has 0 unspecified atom stereocenters. The zero-order chi connectivity index (χ0) is 17.2. The standard InChI is InChI=1S/C15H23N3O4S/c1-10-7-13(15(20)17-11(10)2)14(19)16-8-12-5-4-6-18(9-12)23(3,21)22/h7,12H,4-6,8-9H2,1-3H3,(H,16,19)(H,17,20)/t12-/m1/s1. The second-order valence-corrected chi connectivity index (χ2v) is 8.14. The number of piperidine rings is 1. The maximum atomic E-state index is 12.2. The Kier molecular flexibility index (Phi) is 5.26. The van der Waals surface area contributed by atoms with Crippen LogP contribution in [0.15, 0.2) is 10.9 Å². The molecule has 0 saturated carbocycles. The lowest BCUT2D eigenvalue weighted by Crippen LogP contribution is -2.43. The number of aryl methyl sites for hydroxylation is 2. The van der Waals surface area contributed by atoms with Crippen LogP contribution in [0.2, 0.25) is 0 Å². The molecule has 0 spiro atoms. The molecule has 0 aliphatic carbocycles. The number of nitrogens with zero attached hydrogens (tertiary/aromatic N) is 1. The molecular weight excluding hydrogens is 318 g/mol. The normalized spacial score (nSPS) is 19.5. The van der Waals surface area contributed by atoms with E-state index in [4.69, 9.17) is 0 Å². The molecule has 0 aromatic carbocycles. The van der Waals surface area contributed by atoms with Crippen LogP contribution in [0.5, 0.6) is 0 Å². The third-order valence-corrected chi connectivity index (χ3v) is 5.51. The first-order valence-corrected chi connectivity index (χ1v) is 9.47. The molecule has 1 aliphatic rings. The van der Waals surface area contributed by atoms with Crippen molar-refractivity contribution < 1.29 is 13.2 Å². The van der Waals surface area contributed by atoms with E-state index in [1.165, 1.54) is 10.6 Å². The quantitative estimate of drug-likeness (QED) is 0.827. The molecule has 1 amide bonds. The summed E-state index contributed by atoms with van der Waals surface area (Å²) in [5, 5.41) is 2.75. The summed E-state index contributed by atoms with van der Waals surface area (Å²) < 4.78 is 24.6. The van der Waals surface area contributed by atoms with Crippen LogP contribution in [-0.4, -0.2) is 49.5 Å². The second-order valence-electron chi connectivity index (χ2n) is 6.16. The number of aromatic nitrogens is 1. The van der Waals surface area contributed by atoms with Crippen LogP contribution in [-0.2, 0) is 10.0 Å². The van der Waals surface area contributed by atoms with Gasteiger partial charge in [-0.25, -0.2) is 12.7 Å². The Bertz CT molecular complexity index is 754. The molecule has 1 aromatic heterocycles. The Morgan fingerprint density at radius 1 is 1.43 bits per heavy atom. The van der Waals surface area contributed by atoms with Gasteiger partial charge in [0.15, 0.2) is 0 Å². The van der Waals surface area contributed by atoms with Gasteiger partial charge >= 0.3 is 0 Å². The van der Waals surface area contributed by atoms with E-state index in [0.717, 1.165) is 24.1 Å². The number of carbonyl (C=O) groups excluding carboxylic acids is 1. The Morgan fingerprint density at radius 2 is 2.13 bits per heavy atom. The maximum absolute atomic E-state index is 12.2. The van der Waals surface area contributed by atoms with Crippen molar-refractivity contribution >= 4 is 15.9 Å². The minimum absolute atomic E-state index is 0.0630. The van der Waals surface area contributed by atoms with E-state index in [1.807, 2.05) is 6.92 Å². The second kappa shape index (κ2) is 6.84. The molecule has 2 heterocycles. The number of pyridine rings is 1. The van der Waals surface area contributed by atoms with E-state index in [1.54, 1.807) is 13.0 Å². The Hall–Kier alpha value is -1.67. The van der Waals surface area contributed by atoms with Gasteiger partial charge in [-0.1, -0.05) is 0 Å². The fourth-order valence-corrected chi connectivity index (χ4v) is 3.66. The lowest BCUT2D eigenvalue weighted by atomic mass is 9.99. The predicted molar refractivity (Wildman–Crippen MR) is 88.0 cm³/mol. The first kappa shape index (κ1) is 17.7. The minimum atomic E-state index is -3.20. The summed E-state index contributed by atoms with van der Waals surface area (Å²) in [6.07, 6.45) is 2.83. The average Bonchev–Trinajstić information content (AvgIpc) is 2.48. The molecule has 7 nitrogen and oxygen atoms in total. The molecule has 1 aromatic rings. The first-order valence-electron chi connectivity index (χ1n) is 7.62. The first-order chi connectivity index (χ1) is 10.7. The molecular formula is C15H23N3O4S. The van der Waals surface area contributed by atoms with Gasteiger partial charge in [-0.3, -0.25) is 9.59 Å². The molecule has 1 fully saturated rings. The van der Waals surface area contributed by atoms with Crippen molar-refractivity contribution in [1.82, 2.24) is 14.6 Å². The number of rotatable bonds is 4. The SMILES string of the molecule is Cc1cc(C(=O)NC[C@H]2CCCN(S(C)(=O)=O)C2)c(=O)[nH]c1C. The van der Waals surface area contributed by atoms with Crippen LogP contribution < -0.4 is 10.9 Å². The van der Waals surface area contributed by atoms with Crippen molar-refractivity contribution in [1.29, 1.82) is 0 Å². The van der Waals surface area contributed by atoms with E-state index in [2.05, 4.69) is 10.3 Å². The molecule has 2 rings (SSSR count). The van der Waals surface area contributed by atoms with Gasteiger partial charge in [0, 0.05) is 25.3 Å². The Balaban J connectivity index is 2.00. The third kappa shape index (κ3) is 4.42. The monoisotopic (exact) mass is 341 g/mol. The Morgan fingerprint density at radius 3 is 2.78 bits per heavy atom. The fraction of sp³-hybridized carbons (Fsp3) is 0.600. The van der Waals surface area contributed by atoms with Crippen molar-refractivity contribution in [2.45, 2.75) is 26.7 Å². The molecule has 2 N–H and O–H groups in total. The highest BCUT2D eigenvalue weighted by atomic mass is 32.2. The van der Waals surface area contributed by atoms with Crippen molar-refractivity contribution in [2.75, 3.05) is 25.9 Å². The smallest absolute Gasteiger partial charge is 0.261 e. The number of carbonyl (C=O) groups is 1. The zero-order valence-corrected chi connectivity index (χ0v) is 14.5. The number of sulfonamides is 1. The Labute approximate surface area is 136 Å². The number of hydrogen-bond donors (Lipinski definition) is 2. The molecule has 128 valence electrons. The van der Waals surface area contributed by atoms with Gasteiger partial charge < -0.3 is 10.3 Å². The predicted octanol–water partition coefficient (Wildman–Crippen LogP) is 0.393. The minimum Gasteiger partial charge on any atom is -0.352 e. The summed E-state index contributed by atoms with van der Waals surface area (Å²) in [5.41, 5.74) is 1.26. The highest BCUT2D eigenvalue weighted by molar-refractivity contribution is 7.88. The topological polar surface area (TPSA) is 99.3 Å². The molecule has 1 saturated heterocycles. The highest BCUT2D eigenvalue weighted by Crippen LogP contribution is 2.18. The molecule has 1 aliphatic heterocycles. The van der Waals surface area contributed by atoms with Gasteiger partial charge in [0.05, 0.1) is 6.26 Å². The van der Waals surface area contributed by atoms with Crippen LogP contribution in [0.25, 0.3) is 0 Å². The van der Waals surface area contributed by atoms with Crippen LogP contribution >= 0.6 is 0 Å². The maximum Gasteiger partial charge on any atom is 0.261 e. The van der Waals surface area contributed by atoms with Gasteiger partial charge in [0.25, 0.3) is 11.5 Å². The number of H-pyrrole nitrogens is 1. The summed E-state index contributed by atoms with van der Waals surface area (Å²) in [7, 11) is -3.20. The summed E-state index contributed by atoms with van der Waals surface area (Å²) in [4.78, 5) is 26.7. The third-order valence-electron chi connectivity index (χ3n) is 4.24. The van der Waals surface area contributed by atoms with Crippen molar-refractivity contribution in [3.63, 3.8) is 0 Å². The summed E-state index contributed by atoms with van der Waals surface area (Å²) >= 11 is 0. The van der Waals surface area contributed by atoms with Crippen LogP contribution in [0.1, 0.15) is 34.5 Å². The van der Waals surface area contributed by atoms with Gasteiger partial charge in [0.1, 0.15) is 5.56 Å². The number of hydrogen-bond acceptors (Lipinski definition) is 4. The van der Waals surface area contributed by atoms with Gasteiger partial charge in [-0.2, -0.15) is 0 Å². The van der Waals surface area contributed by atoms with Crippen molar-refractivity contribution in [3.05, 3.63) is 33.2 Å². The lowest BCUT2D eigenvalue weighted by Gasteiger charge is -2.30. The lowest BCUT2D eigenvalue weighted by molar-refractivity contribution is 0.0940. The van der Waals surface area contributed by atoms with Crippen LogP contribution in [0.4, 0.5) is 0 Å². The summed E-state index contributed by atoms with van der Waals surface area (Å²) in [6.45, 7) is 4.90. The number of nitrogens with one attached hydrogen (secondary N) is 2. The van der Waals surface area contributed by atoms with Crippen LogP contribution in [0, 0.1) is 19.8 Å². The largest absolute Gasteiger partial charge is 0.352 e. The molecule has 0 bridgehead atoms. The average molecular weight is 341 g/mol. The number of aromatic amines is 1. The molecule has 23 heavy (non-hydrogen) atoms. The summed E-state index contributed by atoms with van der Waals surface area (Å²) in [5.74, 6) is -0.362. The van der Waals surface area contributed by atoms with E-state index in [9.17, 15) is 18.0 Å². The van der Waals surface area contributed by atoms with Gasteiger partial charge in [-0.15, -0.1) is 0 Å². The number of amides is 1. The highest BCUT2D eigenvalue weighted by Gasteiger charge is 2.26. The fourth-order valence-electron chi connectivity index (χ4n) is 2.72. The van der Waals surface area contributed by atoms with E-state index >= 15 is 0 Å². The van der Waals surface area contributed by atoms with E-state index in [0.29, 0.717) is 19.6 Å². The van der Waals surface area contributed by atoms with Crippen molar-refractivity contribution in [3.8, 4) is 0 Å². The van der Waals surface area contributed by atoms with E-state index in [-0.39, 0.29) is 11.5 Å². The van der Waals surface area contributed by atoms with Crippen molar-refractivity contribution in [2.24, 2.45) is 5.92 Å². The van der Waals surface area contributed by atoms with Gasteiger partial charge in [-0.05, 0) is 44.2 Å². The molecule has 0 radical (unpaired) electrons. The molecule has 1 atom stereocenters.